The van der Waals surface area contributed by atoms with E-state index in [4.69, 9.17) is 0 Å². The standard InChI is InChI=1S/C19H20N2O2/c1-3-15(13-14-9-5-4-6-10-14)18(22)21-17-12-8-7-11-16(17)19(23)20-2/h4-13H,3H2,1-2H3,(H,20,23)(H,21,22)/b15-13+. The fraction of sp³-hybridized carbons (Fsp3) is 0.158. The van der Waals surface area contributed by atoms with Crippen molar-refractivity contribution in [3.63, 3.8) is 0 Å². The molecule has 0 atom stereocenters. The minimum absolute atomic E-state index is 0.201. The fourth-order valence-electron chi connectivity index (χ4n) is 2.21. The Morgan fingerprint density at radius 1 is 1.00 bits per heavy atom. The van der Waals surface area contributed by atoms with Crippen LogP contribution >= 0.6 is 0 Å². The summed E-state index contributed by atoms with van der Waals surface area (Å²) >= 11 is 0. The molecule has 4 heteroatoms. The van der Waals surface area contributed by atoms with E-state index in [-0.39, 0.29) is 11.8 Å². The number of amides is 2. The van der Waals surface area contributed by atoms with Gasteiger partial charge in [0, 0.05) is 12.6 Å². The Kier molecular flexibility index (Phi) is 5.69. The molecule has 0 fully saturated rings. The third kappa shape index (κ3) is 4.30. The highest BCUT2D eigenvalue weighted by atomic mass is 16.2. The number of anilines is 1. The molecule has 0 aliphatic rings. The molecule has 0 aliphatic heterocycles. The van der Waals surface area contributed by atoms with Gasteiger partial charge in [-0.15, -0.1) is 0 Å². The average Bonchev–Trinajstić information content (AvgIpc) is 2.60. The number of nitrogens with one attached hydrogen (secondary N) is 2. The van der Waals surface area contributed by atoms with Gasteiger partial charge in [-0.25, -0.2) is 0 Å². The van der Waals surface area contributed by atoms with E-state index < -0.39 is 0 Å². The van der Waals surface area contributed by atoms with Crippen LogP contribution in [0.5, 0.6) is 0 Å². The molecule has 2 rings (SSSR count). The maximum Gasteiger partial charge on any atom is 0.253 e. The van der Waals surface area contributed by atoms with Crippen LogP contribution in [0.25, 0.3) is 6.08 Å². The highest BCUT2D eigenvalue weighted by Gasteiger charge is 2.13. The highest BCUT2D eigenvalue weighted by Crippen LogP contribution is 2.18. The predicted octanol–water partition coefficient (Wildman–Crippen LogP) is 3.48. The molecular weight excluding hydrogens is 288 g/mol. The normalized spacial score (nSPS) is 11.0. The van der Waals surface area contributed by atoms with Crippen LogP contribution in [0.4, 0.5) is 5.69 Å². The van der Waals surface area contributed by atoms with Crippen molar-refractivity contribution in [2.45, 2.75) is 13.3 Å². The maximum absolute atomic E-state index is 12.5. The molecule has 0 aromatic heterocycles. The van der Waals surface area contributed by atoms with E-state index >= 15 is 0 Å². The average molecular weight is 308 g/mol. The van der Waals surface area contributed by atoms with Crippen LogP contribution in [0, 0.1) is 0 Å². The van der Waals surface area contributed by atoms with E-state index in [9.17, 15) is 9.59 Å². The van der Waals surface area contributed by atoms with Gasteiger partial charge < -0.3 is 10.6 Å². The molecule has 0 bridgehead atoms. The van der Waals surface area contributed by atoms with Gasteiger partial charge in [0.1, 0.15) is 0 Å². The lowest BCUT2D eigenvalue weighted by Crippen LogP contribution is -2.22. The molecule has 2 amide bonds. The van der Waals surface area contributed by atoms with Crippen molar-refractivity contribution in [3.05, 3.63) is 71.3 Å². The van der Waals surface area contributed by atoms with Gasteiger partial charge in [-0.1, -0.05) is 49.4 Å². The third-order valence-corrected chi connectivity index (χ3v) is 3.46. The van der Waals surface area contributed by atoms with Crippen LogP contribution in [-0.2, 0) is 4.79 Å². The smallest absolute Gasteiger partial charge is 0.253 e. The molecule has 2 aromatic carbocycles. The monoisotopic (exact) mass is 308 g/mol. The summed E-state index contributed by atoms with van der Waals surface area (Å²) in [6.07, 6.45) is 2.46. The molecule has 0 saturated heterocycles. The van der Waals surface area contributed by atoms with Crippen LogP contribution in [0.15, 0.2) is 60.2 Å². The van der Waals surface area contributed by atoms with E-state index in [1.165, 1.54) is 0 Å². The quantitative estimate of drug-likeness (QED) is 0.831. The van der Waals surface area contributed by atoms with Crippen LogP contribution in [0.2, 0.25) is 0 Å². The Balaban J connectivity index is 2.24. The molecule has 23 heavy (non-hydrogen) atoms. The van der Waals surface area contributed by atoms with Gasteiger partial charge >= 0.3 is 0 Å². The zero-order chi connectivity index (χ0) is 16.7. The zero-order valence-corrected chi connectivity index (χ0v) is 13.3. The summed E-state index contributed by atoms with van der Waals surface area (Å²) in [7, 11) is 1.56. The van der Waals surface area contributed by atoms with E-state index in [1.54, 1.807) is 31.3 Å². The van der Waals surface area contributed by atoms with Crippen LogP contribution in [-0.4, -0.2) is 18.9 Å². The summed E-state index contributed by atoms with van der Waals surface area (Å²) in [5, 5.41) is 5.40. The van der Waals surface area contributed by atoms with E-state index in [1.807, 2.05) is 43.3 Å². The van der Waals surface area contributed by atoms with Crippen molar-refractivity contribution in [1.82, 2.24) is 5.32 Å². The Morgan fingerprint density at radius 3 is 2.30 bits per heavy atom. The van der Waals surface area contributed by atoms with Crippen molar-refractivity contribution < 1.29 is 9.59 Å². The second kappa shape index (κ2) is 7.94. The molecule has 118 valence electrons. The first kappa shape index (κ1) is 16.5. The molecular formula is C19H20N2O2. The molecule has 0 spiro atoms. The number of hydrogen-bond donors (Lipinski definition) is 2. The number of rotatable bonds is 5. The van der Waals surface area contributed by atoms with Crippen LogP contribution in [0.3, 0.4) is 0 Å². The predicted molar refractivity (Wildman–Crippen MR) is 93.2 cm³/mol. The van der Waals surface area contributed by atoms with Crippen LogP contribution in [0.1, 0.15) is 29.3 Å². The Hall–Kier alpha value is -2.88. The summed E-state index contributed by atoms with van der Waals surface area (Å²) in [6.45, 7) is 1.93. The van der Waals surface area contributed by atoms with Crippen molar-refractivity contribution in [1.29, 1.82) is 0 Å². The SMILES string of the molecule is CC/C(=C\c1ccccc1)C(=O)Nc1ccccc1C(=O)NC. The molecule has 0 heterocycles. The van der Waals surface area contributed by atoms with Crippen molar-refractivity contribution >= 4 is 23.6 Å². The summed E-state index contributed by atoms with van der Waals surface area (Å²) in [6, 6.07) is 16.6. The lowest BCUT2D eigenvalue weighted by atomic mass is 10.1. The van der Waals surface area contributed by atoms with E-state index in [0.29, 0.717) is 23.2 Å². The van der Waals surface area contributed by atoms with Crippen molar-refractivity contribution in [2.75, 3.05) is 12.4 Å². The summed E-state index contributed by atoms with van der Waals surface area (Å²) < 4.78 is 0. The lowest BCUT2D eigenvalue weighted by molar-refractivity contribution is -0.112. The Labute approximate surface area is 136 Å². The topological polar surface area (TPSA) is 58.2 Å². The largest absolute Gasteiger partial charge is 0.355 e. The minimum Gasteiger partial charge on any atom is -0.355 e. The molecule has 0 aliphatic carbocycles. The van der Waals surface area contributed by atoms with Gasteiger partial charge in [0.05, 0.1) is 11.3 Å². The maximum atomic E-state index is 12.5. The van der Waals surface area contributed by atoms with Crippen molar-refractivity contribution in [2.24, 2.45) is 0 Å². The summed E-state index contributed by atoms with van der Waals surface area (Å²) in [5.74, 6) is -0.432. The van der Waals surface area contributed by atoms with Gasteiger partial charge in [0.2, 0.25) is 0 Å². The molecule has 4 nitrogen and oxygen atoms in total. The van der Waals surface area contributed by atoms with Gasteiger partial charge in [-0.05, 0) is 30.2 Å². The summed E-state index contributed by atoms with van der Waals surface area (Å²) in [4.78, 5) is 24.4. The van der Waals surface area contributed by atoms with E-state index in [0.717, 1.165) is 5.56 Å². The molecule has 0 radical (unpaired) electrons. The third-order valence-electron chi connectivity index (χ3n) is 3.46. The van der Waals surface area contributed by atoms with Gasteiger partial charge in [-0.3, -0.25) is 9.59 Å². The number of benzene rings is 2. The fourth-order valence-corrected chi connectivity index (χ4v) is 2.21. The second-order valence-electron chi connectivity index (χ2n) is 5.01. The Morgan fingerprint density at radius 2 is 1.65 bits per heavy atom. The van der Waals surface area contributed by atoms with Gasteiger partial charge in [0.15, 0.2) is 0 Å². The second-order valence-corrected chi connectivity index (χ2v) is 5.01. The number of para-hydroxylation sites is 1. The van der Waals surface area contributed by atoms with Crippen molar-refractivity contribution in [3.8, 4) is 0 Å². The first-order chi connectivity index (χ1) is 11.2. The Bertz CT molecular complexity index is 721. The molecule has 2 aromatic rings. The van der Waals surface area contributed by atoms with Gasteiger partial charge in [-0.2, -0.15) is 0 Å². The number of carbonyl (C=O) groups is 2. The van der Waals surface area contributed by atoms with E-state index in [2.05, 4.69) is 10.6 Å². The molecule has 0 unspecified atom stereocenters. The molecule has 0 saturated carbocycles. The van der Waals surface area contributed by atoms with Gasteiger partial charge in [0.25, 0.3) is 11.8 Å². The minimum atomic E-state index is -0.231. The number of hydrogen-bond acceptors (Lipinski definition) is 2. The highest BCUT2D eigenvalue weighted by molar-refractivity contribution is 6.10. The number of carbonyl (C=O) groups excluding carboxylic acids is 2. The first-order valence-corrected chi connectivity index (χ1v) is 7.53. The van der Waals surface area contributed by atoms with Crippen LogP contribution < -0.4 is 10.6 Å². The zero-order valence-electron chi connectivity index (χ0n) is 13.3. The first-order valence-electron chi connectivity index (χ1n) is 7.53. The summed E-state index contributed by atoms with van der Waals surface area (Å²) in [5.41, 5.74) is 2.57. The molecule has 2 N–H and O–H groups in total. The lowest BCUT2D eigenvalue weighted by Gasteiger charge is -2.11.